The Hall–Kier alpha value is -2.50. The van der Waals surface area contributed by atoms with Crippen LogP contribution in [0.2, 0.25) is 0 Å². The van der Waals surface area contributed by atoms with E-state index in [-0.39, 0.29) is 18.2 Å². The van der Waals surface area contributed by atoms with Crippen molar-refractivity contribution >= 4 is 22.9 Å². The van der Waals surface area contributed by atoms with Gasteiger partial charge in [0.2, 0.25) is 5.91 Å². The summed E-state index contributed by atoms with van der Waals surface area (Å²) in [6, 6.07) is 9.87. The van der Waals surface area contributed by atoms with Crippen molar-refractivity contribution in [1.82, 2.24) is 10.3 Å². The number of nitriles is 1. The van der Waals surface area contributed by atoms with Crippen LogP contribution in [0.5, 0.6) is 0 Å². The highest BCUT2D eigenvalue weighted by atomic mass is 32.1. The minimum Gasteiger partial charge on any atom is -0.378 e. The van der Waals surface area contributed by atoms with Gasteiger partial charge in [0.25, 0.3) is 0 Å². The number of ether oxygens (including phenoxy) is 1. The van der Waals surface area contributed by atoms with Crippen LogP contribution in [0.4, 0.5) is 10.1 Å². The molecule has 1 saturated carbocycles. The number of alkyl halides is 1. The minimum atomic E-state index is -1.00. The van der Waals surface area contributed by atoms with Gasteiger partial charge < -0.3 is 15.0 Å². The second-order valence-electron chi connectivity index (χ2n) is 8.58. The van der Waals surface area contributed by atoms with Crippen molar-refractivity contribution in [1.29, 1.82) is 5.26 Å². The largest absolute Gasteiger partial charge is 0.378 e. The first-order valence-corrected chi connectivity index (χ1v) is 12.0. The highest BCUT2D eigenvalue weighted by Crippen LogP contribution is 2.44. The summed E-state index contributed by atoms with van der Waals surface area (Å²) in [4.78, 5) is 21.1. The summed E-state index contributed by atoms with van der Waals surface area (Å²) in [5.41, 5.74) is 3.11. The zero-order chi connectivity index (χ0) is 22.7. The zero-order valence-electron chi connectivity index (χ0n) is 18.5. The topological polar surface area (TPSA) is 78.2 Å². The number of benzene rings is 1. The molecule has 1 amide bonds. The molecule has 2 aromatic rings. The molecule has 170 valence electrons. The van der Waals surface area contributed by atoms with Gasteiger partial charge >= 0.3 is 0 Å². The fraction of sp³-hybridized carbons (Fsp3) is 0.542. The molecule has 0 radical (unpaired) electrons. The molecular weight excluding hydrogens is 427 g/mol. The monoisotopic (exact) mass is 456 g/mol. The van der Waals surface area contributed by atoms with E-state index in [9.17, 15) is 9.18 Å². The van der Waals surface area contributed by atoms with Crippen molar-refractivity contribution < 1.29 is 13.9 Å². The number of rotatable bonds is 5. The molecule has 32 heavy (non-hydrogen) atoms. The van der Waals surface area contributed by atoms with Gasteiger partial charge in [-0.2, -0.15) is 5.26 Å². The third-order valence-electron chi connectivity index (χ3n) is 6.29. The van der Waals surface area contributed by atoms with E-state index in [0.29, 0.717) is 12.8 Å². The lowest BCUT2D eigenvalue weighted by Crippen LogP contribution is -2.41. The maximum absolute atomic E-state index is 14.3. The average molecular weight is 457 g/mol. The minimum absolute atomic E-state index is 0.160. The van der Waals surface area contributed by atoms with Crippen LogP contribution in [0.25, 0.3) is 10.4 Å². The number of nitrogens with zero attached hydrogens (tertiary/aromatic N) is 3. The molecule has 0 unspecified atom stereocenters. The number of aromatic nitrogens is 1. The van der Waals surface area contributed by atoms with Gasteiger partial charge in [-0.3, -0.25) is 4.79 Å². The molecule has 1 aliphatic heterocycles. The third kappa shape index (κ3) is 4.94. The van der Waals surface area contributed by atoms with Gasteiger partial charge in [0.15, 0.2) is 0 Å². The van der Waals surface area contributed by atoms with Gasteiger partial charge in [-0.15, -0.1) is 11.3 Å². The summed E-state index contributed by atoms with van der Waals surface area (Å²) < 4.78 is 19.7. The molecule has 1 aliphatic carbocycles. The second-order valence-corrected chi connectivity index (χ2v) is 9.78. The summed E-state index contributed by atoms with van der Waals surface area (Å²) in [6.45, 7) is 6.85. The van der Waals surface area contributed by atoms with Crippen LogP contribution in [0.3, 0.4) is 0 Å². The zero-order valence-corrected chi connectivity index (χ0v) is 19.3. The van der Waals surface area contributed by atoms with E-state index in [4.69, 9.17) is 15.0 Å². The van der Waals surface area contributed by atoms with Crippen LogP contribution in [-0.2, 0) is 9.53 Å². The fourth-order valence-corrected chi connectivity index (χ4v) is 5.63. The first kappa shape index (κ1) is 22.7. The Morgan fingerprint density at radius 1 is 1.31 bits per heavy atom. The molecular formula is C24H29FN4O2S. The van der Waals surface area contributed by atoms with E-state index < -0.39 is 18.1 Å². The number of halogens is 1. The Labute approximate surface area is 192 Å². The number of anilines is 1. The normalized spacial score (nSPS) is 24.6. The number of hydrogen-bond donors (Lipinski definition) is 1. The van der Waals surface area contributed by atoms with Crippen LogP contribution in [-0.4, -0.2) is 49.4 Å². The molecule has 1 saturated heterocycles. The van der Waals surface area contributed by atoms with Gasteiger partial charge in [-0.25, -0.2) is 9.37 Å². The molecule has 0 bridgehead atoms. The standard InChI is InChI=1S/C24H29FN4O2S/c1-15(14-26)27-24(30)21-13-18(25)5-8-20(21)22-23(32-16(2)28-22)17-3-6-19(7-4-17)29-9-11-31-12-10-29/h3-4,6-7,15,18,20-21H,5,8-13H2,1-2H3,(H,27,30)/t15-,18-,20+,21+/m0/s1. The summed E-state index contributed by atoms with van der Waals surface area (Å²) in [6.07, 6.45) is 0.159. The SMILES string of the molecule is Cc1nc([C@@H]2CC[C@H](F)C[C@H]2C(=O)N[C@@H](C)C#N)c(-c2ccc(N3CCOCC3)cc2)s1. The van der Waals surface area contributed by atoms with E-state index in [1.165, 1.54) is 5.69 Å². The smallest absolute Gasteiger partial charge is 0.224 e. The number of morpholine rings is 1. The molecule has 1 aromatic heterocycles. The molecule has 4 rings (SSSR count). The van der Waals surface area contributed by atoms with Crippen molar-refractivity contribution in [3.63, 3.8) is 0 Å². The number of thiazole rings is 1. The second kappa shape index (κ2) is 9.97. The summed E-state index contributed by atoms with van der Waals surface area (Å²) >= 11 is 1.61. The number of aryl methyl sites for hydroxylation is 1. The first-order valence-electron chi connectivity index (χ1n) is 11.2. The van der Waals surface area contributed by atoms with Crippen LogP contribution < -0.4 is 10.2 Å². The van der Waals surface area contributed by atoms with Crippen LogP contribution in [0.1, 0.15) is 42.8 Å². The number of carbonyl (C=O) groups is 1. The Bertz CT molecular complexity index is 981. The number of hydrogen-bond acceptors (Lipinski definition) is 6. The van der Waals surface area contributed by atoms with Crippen molar-refractivity contribution in [2.24, 2.45) is 5.92 Å². The van der Waals surface area contributed by atoms with Crippen molar-refractivity contribution in [2.45, 2.75) is 51.2 Å². The maximum Gasteiger partial charge on any atom is 0.224 e. The number of amides is 1. The predicted molar refractivity (Wildman–Crippen MR) is 124 cm³/mol. The summed E-state index contributed by atoms with van der Waals surface area (Å²) in [5.74, 6) is -0.945. The van der Waals surface area contributed by atoms with Crippen molar-refractivity contribution in [3.8, 4) is 16.5 Å². The number of carbonyl (C=O) groups excluding carboxylic acids is 1. The van der Waals surface area contributed by atoms with E-state index >= 15 is 0 Å². The molecule has 6 nitrogen and oxygen atoms in total. The Morgan fingerprint density at radius 3 is 2.72 bits per heavy atom. The average Bonchev–Trinajstić information content (AvgIpc) is 3.21. The van der Waals surface area contributed by atoms with Gasteiger partial charge in [-0.1, -0.05) is 12.1 Å². The quantitative estimate of drug-likeness (QED) is 0.729. The highest BCUT2D eigenvalue weighted by molar-refractivity contribution is 7.15. The lowest BCUT2D eigenvalue weighted by molar-refractivity contribution is -0.127. The molecule has 4 atom stereocenters. The van der Waals surface area contributed by atoms with Crippen LogP contribution in [0.15, 0.2) is 24.3 Å². The van der Waals surface area contributed by atoms with Gasteiger partial charge in [-0.05, 0) is 50.8 Å². The fourth-order valence-electron chi connectivity index (χ4n) is 4.64. The van der Waals surface area contributed by atoms with E-state index in [1.54, 1.807) is 18.3 Å². The number of nitrogens with one attached hydrogen (secondary N) is 1. The first-order chi connectivity index (χ1) is 15.5. The van der Waals surface area contributed by atoms with Crippen LogP contribution >= 0.6 is 11.3 Å². The lowest BCUT2D eigenvalue weighted by atomic mass is 9.75. The molecule has 1 N–H and O–H groups in total. The molecule has 2 heterocycles. The molecule has 0 spiro atoms. The highest BCUT2D eigenvalue weighted by Gasteiger charge is 2.39. The molecule has 2 aliphatic rings. The van der Waals surface area contributed by atoms with Gasteiger partial charge in [0.05, 0.1) is 34.9 Å². The Morgan fingerprint density at radius 2 is 2.03 bits per heavy atom. The van der Waals surface area contributed by atoms with E-state index in [1.807, 2.05) is 13.0 Å². The van der Waals surface area contributed by atoms with E-state index in [2.05, 4.69) is 34.5 Å². The van der Waals surface area contributed by atoms with E-state index in [0.717, 1.165) is 47.4 Å². The van der Waals surface area contributed by atoms with Gasteiger partial charge in [0.1, 0.15) is 12.2 Å². The summed E-state index contributed by atoms with van der Waals surface area (Å²) in [5, 5.41) is 12.7. The molecule has 8 heteroatoms. The van der Waals surface area contributed by atoms with Crippen LogP contribution in [0, 0.1) is 24.2 Å². The van der Waals surface area contributed by atoms with Crippen molar-refractivity contribution in [2.75, 3.05) is 31.2 Å². The Kier molecular flexibility index (Phi) is 7.07. The van der Waals surface area contributed by atoms with Gasteiger partial charge in [0, 0.05) is 30.6 Å². The van der Waals surface area contributed by atoms with Crippen molar-refractivity contribution in [3.05, 3.63) is 35.0 Å². The Balaban J connectivity index is 1.61. The lowest BCUT2D eigenvalue weighted by Gasteiger charge is -2.32. The summed E-state index contributed by atoms with van der Waals surface area (Å²) in [7, 11) is 0. The molecule has 2 fully saturated rings. The molecule has 1 aromatic carbocycles. The predicted octanol–water partition coefficient (Wildman–Crippen LogP) is 4.21. The maximum atomic E-state index is 14.3. The third-order valence-corrected chi connectivity index (χ3v) is 7.33.